The van der Waals surface area contributed by atoms with Gasteiger partial charge < -0.3 is 86.5 Å². The van der Waals surface area contributed by atoms with Gasteiger partial charge in [-0.2, -0.15) is 43.7 Å². The first kappa shape index (κ1) is 75.5. The lowest BCUT2D eigenvalue weighted by molar-refractivity contribution is -0.197. The molecule has 0 aromatic heterocycles. The lowest BCUT2D eigenvalue weighted by Crippen LogP contribution is -2.56. The standard InChI is InChI=1S/C30H50N4O9S2Si2.C14H32N2O5Si2.C12H14N2O8S2/c1-39-46(11-5-9-31-25(35)15-23-29-19(17-44-23)13-27(37)33-29)41-21-7-3-4-8-22(21)42-47(40-2,43-46)12-6-10-32-26(36)16-24-30-20(18-45-24)14-28(38)34-30;1-17-22(11-5-9-15)19-13-7-3-4-8-14(13)20-23(18-2,21-22)12-6-10-16;15-8-1-5-4-23-6(11(5)13-8)2-10(17)22-14-9(16)3-7(12(14)18)24(19,20)21/h19-24,29-30H,3-18H2,1-2H3,(H,31,35)(H,32,36)(H,33,37)(H,34,38);13-14H,3-12,15-16H2,1-2H3;5-7,11H,1-4H2,(H,13,15)(H,19,20,21). The zero-order chi connectivity index (χ0) is 67.4. The van der Waals surface area contributed by atoms with Crippen molar-refractivity contribution in [3.8, 4) is 0 Å². The maximum absolute atomic E-state index is 12.8. The lowest BCUT2D eigenvalue weighted by Gasteiger charge is -2.34. The monoisotopic (exact) mass is 1470 g/mol. The highest BCUT2D eigenvalue weighted by atomic mass is 32.2. The Morgan fingerprint density at radius 2 is 0.894 bits per heavy atom. The van der Waals surface area contributed by atoms with Crippen LogP contribution in [-0.4, -0.2) is 236 Å². The van der Waals surface area contributed by atoms with E-state index in [1.807, 2.05) is 0 Å². The van der Waals surface area contributed by atoms with E-state index < -0.39 is 74.8 Å². The SMILES string of the molecule is CO[Si]1(CCCN)OC2CCCCC2O[Si](CCCN)(OC)O1.CO[Si]1(CCCNC(=O)CC2SCC3CC(=O)NC32)OC2CCCCC2O[Si](CCCNC(=O)CC2SCC3CC(=O)NC32)(OC)O1.O=C1CC2CSC(CC(=O)ON3C(=O)CC(S(=O)(=O)O)C3=O)C2N1. The van der Waals surface area contributed by atoms with Gasteiger partial charge in [-0.15, -0.1) is 5.06 Å². The van der Waals surface area contributed by atoms with E-state index in [4.69, 9.17) is 64.5 Å². The van der Waals surface area contributed by atoms with Crippen LogP contribution >= 0.6 is 35.3 Å². The van der Waals surface area contributed by atoms with E-state index in [9.17, 15) is 46.8 Å². The summed E-state index contributed by atoms with van der Waals surface area (Å²) in [4.78, 5) is 101. The minimum Gasteiger partial charge on any atom is -0.377 e. The number of rotatable bonds is 26. The molecule has 30 nitrogen and oxygen atoms in total. The summed E-state index contributed by atoms with van der Waals surface area (Å²) in [5.74, 6) is 0.232. The second kappa shape index (κ2) is 34.1. The molecular formula is C56H96N8O22S4Si4. The largest absolute Gasteiger partial charge is 0.493 e. The summed E-state index contributed by atoms with van der Waals surface area (Å²) in [6, 6.07) is 2.46. The Morgan fingerprint density at radius 1 is 0.553 bits per heavy atom. The van der Waals surface area contributed by atoms with Gasteiger partial charge in [0, 0.05) is 132 Å². The molecule has 0 aromatic carbocycles. The van der Waals surface area contributed by atoms with E-state index in [2.05, 4.69) is 26.6 Å². The third-order valence-electron chi connectivity index (χ3n) is 19.2. The molecule has 10 N–H and O–H groups in total. The quantitative estimate of drug-likeness (QED) is 0.0261. The van der Waals surface area contributed by atoms with Crippen LogP contribution in [0.25, 0.3) is 0 Å². The molecule has 18 atom stereocenters. The van der Waals surface area contributed by atoms with Gasteiger partial charge in [-0.05, 0) is 99.5 Å². The number of nitrogens with one attached hydrogen (secondary N) is 5. The number of hydrogen-bond acceptors (Lipinski definition) is 26. The summed E-state index contributed by atoms with van der Waals surface area (Å²) in [5.41, 5.74) is 11.4. The molecule has 11 rings (SSSR count). The molecule has 11 fully saturated rings. The van der Waals surface area contributed by atoms with Crippen LogP contribution in [0.15, 0.2) is 0 Å². The average molecular weight is 1470 g/mol. The Morgan fingerprint density at radius 3 is 1.21 bits per heavy atom. The van der Waals surface area contributed by atoms with Crippen LogP contribution < -0.4 is 38.1 Å². The van der Waals surface area contributed by atoms with Gasteiger partial charge in [0.25, 0.3) is 21.9 Å². The van der Waals surface area contributed by atoms with Crippen LogP contribution in [0, 0.1) is 17.8 Å². The fourth-order valence-electron chi connectivity index (χ4n) is 14.3. The predicted octanol–water partition coefficient (Wildman–Crippen LogP) is 1.26. The van der Waals surface area contributed by atoms with Crippen molar-refractivity contribution < 1.29 is 99.8 Å². The Kier molecular flexibility index (Phi) is 27.4. The maximum Gasteiger partial charge on any atom is 0.493 e. The number of nitrogens with two attached hydrogens (primary N) is 2. The summed E-state index contributed by atoms with van der Waals surface area (Å²) in [6.45, 7) is 2.11. The molecule has 11 aliphatic rings. The molecule has 18 unspecified atom stereocenters. The number of fused-ring (bicyclic) bond motifs is 5. The van der Waals surface area contributed by atoms with Gasteiger partial charge in [-0.1, -0.05) is 25.7 Å². The van der Waals surface area contributed by atoms with Crippen molar-refractivity contribution in [3.05, 3.63) is 0 Å². The summed E-state index contributed by atoms with van der Waals surface area (Å²) >= 11 is 5.04. The fourth-order valence-corrected chi connectivity index (χ4v) is 34.3. The molecule has 0 radical (unpaired) electrons. The molecular weight excluding hydrogens is 1380 g/mol. The third-order valence-corrected chi connectivity index (χ3v) is 38.8. The normalized spacial score (nSPS) is 37.4. The zero-order valence-electron chi connectivity index (χ0n) is 54.1. The summed E-state index contributed by atoms with van der Waals surface area (Å²) in [6.07, 6.45) is 12.2. The van der Waals surface area contributed by atoms with E-state index in [0.29, 0.717) is 113 Å². The Bertz CT molecular complexity index is 2690. The van der Waals surface area contributed by atoms with E-state index in [1.165, 1.54) is 11.8 Å². The molecule has 2 aliphatic carbocycles. The van der Waals surface area contributed by atoms with Crippen LogP contribution in [0.4, 0.5) is 0 Å². The predicted molar refractivity (Wildman–Crippen MR) is 352 cm³/mol. The van der Waals surface area contributed by atoms with Gasteiger partial charge in [0.1, 0.15) is 0 Å². The van der Waals surface area contributed by atoms with E-state index >= 15 is 0 Å². The van der Waals surface area contributed by atoms with Gasteiger partial charge in [0.2, 0.25) is 29.5 Å². The first-order valence-corrected chi connectivity index (χ1v) is 45.4. The molecule has 0 bridgehead atoms. The third kappa shape index (κ3) is 19.2. The molecule has 0 spiro atoms. The first-order chi connectivity index (χ1) is 45.0. The van der Waals surface area contributed by atoms with Gasteiger partial charge in [0.15, 0.2) is 5.25 Å². The lowest BCUT2D eigenvalue weighted by atomic mass is 9.95. The van der Waals surface area contributed by atoms with Crippen LogP contribution in [0.1, 0.15) is 122 Å². The zero-order valence-corrected chi connectivity index (χ0v) is 61.3. The highest BCUT2D eigenvalue weighted by Crippen LogP contribution is 2.44. The van der Waals surface area contributed by atoms with Crippen LogP contribution in [-0.2, 0) is 97.0 Å². The fraction of sp³-hybridized carbons (Fsp3) is 0.857. The second-order valence-corrected chi connectivity index (χ2v) is 42.8. The summed E-state index contributed by atoms with van der Waals surface area (Å²) < 4.78 is 94.4. The second-order valence-electron chi connectivity index (χ2n) is 25.7. The first-order valence-electron chi connectivity index (χ1n) is 33.0. The van der Waals surface area contributed by atoms with Crippen molar-refractivity contribution in [2.24, 2.45) is 29.2 Å². The number of carbonyl (C=O) groups is 8. The van der Waals surface area contributed by atoms with Gasteiger partial charge >= 0.3 is 41.2 Å². The molecule has 9 saturated heterocycles. The molecule has 38 heteroatoms. The number of hydroxylamine groups is 2. The van der Waals surface area contributed by atoms with E-state index in [0.717, 1.165) is 75.7 Å². The Balaban J connectivity index is 0.000000185. The topological polar surface area (TPSA) is 408 Å². The van der Waals surface area contributed by atoms with Crippen LogP contribution in [0.3, 0.4) is 0 Å². The number of carbonyl (C=O) groups excluding carboxylic acids is 8. The van der Waals surface area contributed by atoms with Crippen molar-refractivity contribution in [3.63, 3.8) is 0 Å². The highest BCUT2D eigenvalue weighted by Gasteiger charge is 2.61. The van der Waals surface area contributed by atoms with Crippen molar-refractivity contribution in [2.75, 3.05) is 71.9 Å². The molecule has 7 amide bonds. The van der Waals surface area contributed by atoms with E-state index in [1.54, 1.807) is 52.0 Å². The number of nitrogens with zero attached hydrogens (tertiary/aromatic N) is 1. The highest BCUT2D eigenvalue weighted by molar-refractivity contribution is 8.00. The minimum absolute atomic E-state index is 0.0159. The van der Waals surface area contributed by atoms with Crippen molar-refractivity contribution in [1.29, 1.82) is 0 Å². The summed E-state index contributed by atoms with van der Waals surface area (Å²) in [5, 5.41) is 13.1. The molecule has 9 heterocycles. The Labute approximate surface area is 566 Å². The minimum atomic E-state index is -4.75. The number of imide groups is 1. The number of amides is 7. The molecule has 532 valence electrons. The molecule has 2 saturated carbocycles. The van der Waals surface area contributed by atoms with Gasteiger partial charge in [-0.25, -0.2) is 4.79 Å². The summed E-state index contributed by atoms with van der Waals surface area (Å²) in [7, 11) is -10.3. The van der Waals surface area contributed by atoms with Crippen molar-refractivity contribution >= 4 is 128 Å². The molecule has 94 heavy (non-hydrogen) atoms. The number of hydrogen-bond donors (Lipinski definition) is 8. The maximum atomic E-state index is 12.8. The molecule has 0 aromatic rings. The van der Waals surface area contributed by atoms with Crippen LogP contribution in [0.5, 0.6) is 0 Å². The molecule has 9 aliphatic heterocycles. The van der Waals surface area contributed by atoms with Crippen LogP contribution in [0.2, 0.25) is 24.2 Å². The Hall–Kier alpha value is -2.69. The van der Waals surface area contributed by atoms with E-state index in [-0.39, 0.29) is 105 Å². The van der Waals surface area contributed by atoms with Crippen molar-refractivity contribution in [2.45, 2.75) is 210 Å². The van der Waals surface area contributed by atoms with Gasteiger partial charge in [0.05, 0.1) is 37.3 Å². The number of thioether (sulfide) groups is 3. The smallest absolute Gasteiger partial charge is 0.377 e. The average Bonchev–Trinajstić information content (AvgIpc) is 1.63. The van der Waals surface area contributed by atoms with Gasteiger partial charge in [-0.3, -0.25) is 38.1 Å². The van der Waals surface area contributed by atoms with Crippen molar-refractivity contribution in [1.82, 2.24) is 31.6 Å².